The number of carboxylic acids is 1. The van der Waals surface area contributed by atoms with Gasteiger partial charge in [-0.2, -0.15) is 0 Å². The lowest BCUT2D eigenvalue weighted by atomic mass is 9.85. The van der Waals surface area contributed by atoms with Gasteiger partial charge in [-0.15, -0.1) is 0 Å². The van der Waals surface area contributed by atoms with Crippen molar-refractivity contribution in [3.8, 4) is 5.75 Å². The smallest absolute Gasteiger partial charge is 0.335 e. The first kappa shape index (κ1) is 23.5. The highest BCUT2D eigenvalue weighted by atomic mass is 16.7. The van der Waals surface area contributed by atoms with Crippen molar-refractivity contribution in [1.29, 1.82) is 0 Å². The number of benzene rings is 1. The van der Waals surface area contributed by atoms with Crippen LogP contribution in [0.15, 0.2) is 30.6 Å². The third kappa shape index (κ3) is 3.90. The van der Waals surface area contributed by atoms with Crippen molar-refractivity contribution >= 4 is 22.7 Å². The minimum absolute atomic E-state index is 0.0283. The summed E-state index contributed by atoms with van der Waals surface area (Å²) in [6.45, 7) is 2.43. The second-order valence-electron chi connectivity index (χ2n) is 9.14. The molecule has 0 radical (unpaired) electrons. The van der Waals surface area contributed by atoms with Crippen molar-refractivity contribution in [1.82, 2.24) is 14.1 Å². The van der Waals surface area contributed by atoms with Crippen LogP contribution in [0.25, 0.3) is 10.9 Å². The Bertz CT molecular complexity index is 1300. The first-order chi connectivity index (χ1) is 16.7. The number of fused-ring (bicyclic) bond motifs is 3. The fraction of sp³-hybridized carbons (Fsp3) is 0.458. The van der Waals surface area contributed by atoms with E-state index in [-0.39, 0.29) is 17.5 Å². The number of aliphatic hydroxyl groups is 3. The fourth-order valence-corrected chi connectivity index (χ4v) is 5.06. The van der Waals surface area contributed by atoms with Gasteiger partial charge in [-0.25, -0.2) is 9.78 Å². The Morgan fingerprint density at radius 2 is 2.00 bits per heavy atom. The number of hydrogen-bond donors (Lipinski definition) is 4. The number of hydrogen-bond acceptors (Lipinski definition) is 8. The maximum absolute atomic E-state index is 13.6. The number of carboxylic acid groups (broad SMARTS) is 1. The molecule has 11 heteroatoms. The van der Waals surface area contributed by atoms with Gasteiger partial charge in [0.25, 0.3) is 0 Å². The number of Topliss-reactive ketones (excluding diaryl/α,β-unsaturated/α-hetero) is 1. The molecule has 4 N–H and O–H groups in total. The number of ether oxygens (including phenoxy) is 2. The topological polar surface area (TPSA) is 156 Å². The van der Waals surface area contributed by atoms with Gasteiger partial charge in [0, 0.05) is 54.1 Å². The van der Waals surface area contributed by atoms with E-state index >= 15 is 0 Å². The SMILES string of the molecule is Cc1nccn1CC1CCc2c(c3cc(O[C@@H]4O[C@H](C(=O)O)[C@@H](O)[C@H](O)[C@H]4O)ccc3n2C)C1=O. The average molecular weight is 485 g/mol. The molecule has 1 aliphatic heterocycles. The van der Waals surface area contributed by atoms with E-state index in [2.05, 4.69) is 4.98 Å². The maximum atomic E-state index is 13.6. The number of nitrogens with zero attached hydrogens (tertiary/aromatic N) is 3. The molecular formula is C24H27N3O8. The van der Waals surface area contributed by atoms with Crippen LogP contribution in [0.5, 0.6) is 5.75 Å². The lowest BCUT2D eigenvalue weighted by Gasteiger charge is -2.38. The third-order valence-corrected chi connectivity index (χ3v) is 7.04. The number of aliphatic hydroxyl groups excluding tert-OH is 3. The quantitative estimate of drug-likeness (QED) is 0.402. The summed E-state index contributed by atoms with van der Waals surface area (Å²) in [6.07, 6.45) is -3.52. The van der Waals surface area contributed by atoms with Crippen LogP contribution in [0.4, 0.5) is 0 Å². The van der Waals surface area contributed by atoms with E-state index in [0.29, 0.717) is 17.5 Å². The summed E-state index contributed by atoms with van der Waals surface area (Å²) in [7, 11) is 1.90. The van der Waals surface area contributed by atoms with Crippen LogP contribution >= 0.6 is 0 Å². The van der Waals surface area contributed by atoms with Crippen LogP contribution < -0.4 is 4.74 Å². The first-order valence-electron chi connectivity index (χ1n) is 11.4. The van der Waals surface area contributed by atoms with Gasteiger partial charge in [-0.3, -0.25) is 4.79 Å². The van der Waals surface area contributed by atoms with Crippen molar-refractivity contribution in [3.63, 3.8) is 0 Å². The van der Waals surface area contributed by atoms with Gasteiger partial charge < -0.3 is 39.0 Å². The third-order valence-electron chi connectivity index (χ3n) is 7.04. The number of carbonyl (C=O) groups is 2. The molecule has 5 rings (SSSR count). The summed E-state index contributed by atoms with van der Waals surface area (Å²) in [4.78, 5) is 29.2. The normalized spacial score (nSPS) is 28.8. The van der Waals surface area contributed by atoms with Crippen molar-refractivity contribution in [3.05, 3.63) is 47.7 Å². The lowest BCUT2D eigenvalue weighted by Crippen LogP contribution is -2.61. The Balaban J connectivity index is 1.45. The number of carbonyl (C=O) groups excluding carboxylic acids is 1. The van der Waals surface area contributed by atoms with Crippen LogP contribution in [0.1, 0.15) is 28.3 Å². The Labute approximate surface area is 200 Å². The number of rotatable bonds is 5. The molecule has 1 fully saturated rings. The molecule has 11 nitrogen and oxygen atoms in total. The summed E-state index contributed by atoms with van der Waals surface area (Å²) < 4.78 is 14.9. The monoisotopic (exact) mass is 485 g/mol. The summed E-state index contributed by atoms with van der Waals surface area (Å²) in [6, 6.07) is 5.05. The first-order valence-corrected chi connectivity index (χ1v) is 11.4. The minimum Gasteiger partial charge on any atom is -0.479 e. The molecule has 1 aliphatic carbocycles. The molecule has 35 heavy (non-hydrogen) atoms. The van der Waals surface area contributed by atoms with Gasteiger partial charge in [-0.1, -0.05) is 0 Å². The highest BCUT2D eigenvalue weighted by Gasteiger charge is 2.48. The van der Waals surface area contributed by atoms with E-state index in [1.807, 2.05) is 29.3 Å². The zero-order valence-corrected chi connectivity index (χ0v) is 19.2. The second kappa shape index (κ2) is 8.76. The van der Waals surface area contributed by atoms with Crippen LogP contribution in [-0.4, -0.2) is 77.0 Å². The van der Waals surface area contributed by atoms with Crippen molar-refractivity contribution in [2.75, 3.05) is 0 Å². The van der Waals surface area contributed by atoms with Gasteiger partial charge in [0.1, 0.15) is 29.9 Å². The number of aryl methyl sites for hydroxylation is 2. The molecule has 2 aliphatic rings. The molecule has 6 atom stereocenters. The van der Waals surface area contributed by atoms with E-state index in [4.69, 9.17) is 9.47 Å². The molecule has 0 amide bonds. The number of ketones is 1. The van der Waals surface area contributed by atoms with Crippen LogP contribution in [-0.2, 0) is 29.5 Å². The summed E-state index contributed by atoms with van der Waals surface area (Å²) in [5.74, 6) is -0.602. The van der Waals surface area contributed by atoms with E-state index in [9.17, 15) is 30.0 Å². The van der Waals surface area contributed by atoms with Crippen LogP contribution in [0.3, 0.4) is 0 Å². The number of aliphatic carboxylic acids is 1. The van der Waals surface area contributed by atoms with Crippen LogP contribution in [0.2, 0.25) is 0 Å². The highest BCUT2D eigenvalue weighted by Crippen LogP contribution is 2.37. The minimum atomic E-state index is -1.81. The van der Waals surface area contributed by atoms with E-state index in [0.717, 1.165) is 29.9 Å². The summed E-state index contributed by atoms with van der Waals surface area (Å²) >= 11 is 0. The van der Waals surface area contributed by atoms with Gasteiger partial charge in [0.2, 0.25) is 6.29 Å². The molecule has 3 heterocycles. The van der Waals surface area contributed by atoms with Crippen molar-refractivity contribution in [2.24, 2.45) is 13.0 Å². The molecule has 1 unspecified atom stereocenters. The molecule has 0 spiro atoms. The highest BCUT2D eigenvalue weighted by molar-refractivity contribution is 6.11. The molecule has 0 bridgehead atoms. The zero-order valence-electron chi connectivity index (χ0n) is 19.2. The summed E-state index contributed by atoms with van der Waals surface area (Å²) in [5.41, 5.74) is 2.38. The van der Waals surface area contributed by atoms with E-state index in [1.165, 1.54) is 0 Å². The van der Waals surface area contributed by atoms with Gasteiger partial charge >= 0.3 is 5.97 Å². The Morgan fingerprint density at radius 1 is 1.23 bits per heavy atom. The second-order valence-corrected chi connectivity index (χ2v) is 9.14. The molecule has 0 saturated carbocycles. The van der Waals surface area contributed by atoms with Crippen molar-refractivity contribution < 1.29 is 39.5 Å². The molecule has 3 aromatic rings. The zero-order chi connectivity index (χ0) is 25.0. The fourth-order valence-electron chi connectivity index (χ4n) is 5.06. The largest absolute Gasteiger partial charge is 0.479 e. The number of imidazole rings is 1. The van der Waals surface area contributed by atoms with Crippen molar-refractivity contribution in [2.45, 2.75) is 57.0 Å². The maximum Gasteiger partial charge on any atom is 0.335 e. The Hall–Kier alpha value is -3.25. The van der Waals surface area contributed by atoms with Gasteiger partial charge in [-0.05, 0) is 38.0 Å². The van der Waals surface area contributed by atoms with E-state index in [1.54, 1.807) is 24.4 Å². The number of aromatic nitrogens is 3. The Kier molecular flexibility index (Phi) is 5.88. The molecule has 2 aromatic heterocycles. The van der Waals surface area contributed by atoms with Gasteiger partial charge in [0.15, 0.2) is 11.9 Å². The van der Waals surface area contributed by atoms with E-state index < -0.39 is 36.7 Å². The lowest BCUT2D eigenvalue weighted by molar-refractivity contribution is -0.271. The average Bonchev–Trinajstić information content (AvgIpc) is 3.36. The standard InChI is InChI=1S/C24H27N3O8/c1-11-25-7-8-27(11)10-12-3-5-16-17(18(12)28)14-9-13(4-6-15(14)26(16)2)34-24-21(31)19(29)20(30)22(35-24)23(32)33/h4,6-9,12,19-22,24,29-31H,3,5,10H2,1-2H3,(H,32,33)/t12?,19-,20-,21+,22-,24+/m0/s1. The summed E-state index contributed by atoms with van der Waals surface area (Å²) in [5, 5.41) is 40.2. The van der Waals surface area contributed by atoms with Gasteiger partial charge in [0.05, 0.1) is 0 Å². The molecule has 1 aromatic carbocycles. The molecule has 1 saturated heterocycles. The molecular weight excluding hydrogens is 458 g/mol. The predicted octanol–water partition coefficient (Wildman–Crippen LogP) is 0.400. The molecule has 186 valence electrons. The Morgan fingerprint density at radius 3 is 2.69 bits per heavy atom. The predicted molar refractivity (Wildman–Crippen MR) is 121 cm³/mol. The van der Waals surface area contributed by atoms with Crippen LogP contribution in [0, 0.1) is 12.8 Å².